The Morgan fingerprint density at radius 1 is 0.750 bits per heavy atom. The molecule has 1 aromatic rings. The van der Waals surface area contributed by atoms with Crippen LogP contribution in [0.1, 0.15) is 13.8 Å². The molecule has 2 nitrogen and oxygen atoms in total. The van der Waals surface area contributed by atoms with Gasteiger partial charge in [0.05, 0.1) is 0 Å². The van der Waals surface area contributed by atoms with E-state index in [4.69, 9.17) is 23.2 Å². The van der Waals surface area contributed by atoms with Crippen LogP contribution in [0.25, 0.3) is 0 Å². The van der Waals surface area contributed by atoms with Gasteiger partial charge in [-0.1, -0.05) is 48.6 Å². The summed E-state index contributed by atoms with van der Waals surface area (Å²) in [5.74, 6) is 0. The second kappa shape index (κ2) is 23.3. The van der Waals surface area contributed by atoms with Crippen molar-refractivity contribution in [1.29, 1.82) is 0 Å². The fourth-order valence-corrected chi connectivity index (χ4v) is 0.899. The summed E-state index contributed by atoms with van der Waals surface area (Å²) in [5.41, 5.74) is 0. The number of halogens is 2. The first kappa shape index (κ1) is 27.5. The van der Waals surface area contributed by atoms with Crippen molar-refractivity contribution in [3.8, 4) is 0 Å². The predicted molar refractivity (Wildman–Crippen MR) is 84.2 cm³/mol. The second-order valence-corrected chi connectivity index (χ2v) is 3.51. The summed E-state index contributed by atoms with van der Waals surface area (Å²) >= 11 is 9.70. The average Bonchev–Trinajstić information content (AvgIpc) is 2.32. The molecule has 111 valence electrons. The molecule has 0 fully saturated rings. The number of benzene rings is 1. The van der Waals surface area contributed by atoms with Gasteiger partial charge in [0.25, 0.3) is 0 Å². The summed E-state index contributed by atoms with van der Waals surface area (Å²) in [5, 5.41) is -0.838. The summed E-state index contributed by atoms with van der Waals surface area (Å²) < 4.78 is 0. The van der Waals surface area contributed by atoms with E-state index < -0.39 is 10.5 Å². The molecule has 0 atom stereocenters. The normalized spacial score (nSPS) is 8.20. The van der Waals surface area contributed by atoms with E-state index in [1.54, 1.807) is 26.0 Å². The van der Waals surface area contributed by atoms with E-state index in [0.717, 1.165) is 0 Å². The first-order chi connectivity index (χ1) is 8.54. The summed E-state index contributed by atoms with van der Waals surface area (Å²) in [7, 11) is 0. The first-order valence-electron chi connectivity index (χ1n) is 5.18. The van der Waals surface area contributed by atoms with Crippen LogP contribution in [-0.2, 0) is 28.1 Å². The number of carbonyl (C=O) groups excluding carboxylic acids is 2. The van der Waals surface area contributed by atoms with Crippen LogP contribution in [0.3, 0.4) is 0 Å². The van der Waals surface area contributed by atoms with Gasteiger partial charge in [-0.2, -0.15) is 0 Å². The van der Waals surface area contributed by atoms with Crippen molar-refractivity contribution in [3.63, 3.8) is 0 Å². The van der Waals surface area contributed by atoms with Crippen LogP contribution < -0.4 is 0 Å². The van der Waals surface area contributed by atoms with Gasteiger partial charge < -0.3 is 7.43 Å². The van der Waals surface area contributed by atoms with Crippen LogP contribution in [0.4, 0.5) is 0 Å². The number of allylic oxidation sites excluding steroid dienone is 4. The van der Waals surface area contributed by atoms with E-state index in [-0.39, 0.29) is 26.0 Å². The maximum absolute atomic E-state index is 9.72. The quantitative estimate of drug-likeness (QED) is 0.435. The molecule has 1 radical (unpaired) electrons. The molecule has 0 spiro atoms. The minimum atomic E-state index is -0.419. The molecular formula is C15H19Cl2O2V-. The van der Waals surface area contributed by atoms with Gasteiger partial charge in [0.2, 0.25) is 10.5 Å². The molecule has 0 aliphatic heterocycles. The summed E-state index contributed by atoms with van der Waals surface area (Å²) in [4.78, 5) is 19.4. The van der Waals surface area contributed by atoms with Crippen molar-refractivity contribution in [1.82, 2.24) is 0 Å². The Bertz CT molecular complexity index is 328. The third kappa shape index (κ3) is 36.0. The molecule has 0 amide bonds. The van der Waals surface area contributed by atoms with E-state index in [0.29, 0.717) is 0 Å². The molecule has 0 bridgehead atoms. The van der Waals surface area contributed by atoms with Crippen molar-refractivity contribution >= 4 is 33.7 Å². The fourth-order valence-electron chi connectivity index (χ4n) is 0.647. The van der Waals surface area contributed by atoms with Gasteiger partial charge in [0, 0.05) is 18.6 Å². The zero-order valence-corrected chi connectivity index (χ0v) is 14.7. The largest absolute Gasteiger partial charge is 0.358 e. The fraction of sp³-hybridized carbons (Fsp3) is 0.133. The van der Waals surface area contributed by atoms with E-state index in [1.807, 2.05) is 36.4 Å². The Kier molecular flexibility index (Phi) is 32.1. The summed E-state index contributed by atoms with van der Waals surface area (Å²) in [6.45, 7) is 3.47. The number of carbonyl (C=O) groups is 2. The molecule has 0 N–H and O–H groups in total. The standard InChI is InChI=1S/C6H6.2C4H5ClO.CH3.V/c1-2-4-6-5-3-1;2*1-2-3-4(5)6;;/h1-6H;2*2-3H,1H3;1H3;/q;;;-1;. The first-order valence-corrected chi connectivity index (χ1v) is 5.94. The van der Waals surface area contributed by atoms with Crippen LogP contribution in [0.15, 0.2) is 60.7 Å². The minimum Gasteiger partial charge on any atom is -0.358 e. The number of hydrogen-bond donors (Lipinski definition) is 0. The second-order valence-electron chi connectivity index (χ2n) is 2.76. The summed E-state index contributed by atoms with van der Waals surface area (Å²) in [6, 6.07) is 12.0. The van der Waals surface area contributed by atoms with E-state index in [9.17, 15) is 9.59 Å². The van der Waals surface area contributed by atoms with E-state index in [1.165, 1.54) is 12.2 Å². The molecule has 0 saturated heterocycles. The van der Waals surface area contributed by atoms with Gasteiger partial charge in [-0.05, 0) is 49.2 Å². The monoisotopic (exact) mass is 352 g/mol. The zero-order valence-electron chi connectivity index (χ0n) is 11.8. The van der Waals surface area contributed by atoms with Crippen molar-refractivity contribution < 1.29 is 28.1 Å². The molecule has 0 unspecified atom stereocenters. The maximum atomic E-state index is 9.72. The van der Waals surface area contributed by atoms with Crippen LogP contribution in [-0.4, -0.2) is 10.5 Å². The van der Waals surface area contributed by atoms with Gasteiger partial charge in [-0.25, -0.2) is 0 Å². The number of rotatable bonds is 2. The van der Waals surface area contributed by atoms with Gasteiger partial charge in [-0.3, -0.25) is 9.59 Å². The van der Waals surface area contributed by atoms with E-state index in [2.05, 4.69) is 0 Å². The van der Waals surface area contributed by atoms with Crippen molar-refractivity contribution in [2.75, 3.05) is 0 Å². The van der Waals surface area contributed by atoms with Crippen LogP contribution in [0, 0.1) is 7.43 Å². The molecule has 0 aromatic heterocycles. The van der Waals surface area contributed by atoms with E-state index >= 15 is 0 Å². The van der Waals surface area contributed by atoms with Gasteiger partial charge >= 0.3 is 0 Å². The van der Waals surface area contributed by atoms with Gasteiger partial charge in [-0.15, -0.1) is 0 Å². The van der Waals surface area contributed by atoms with Crippen molar-refractivity contribution in [3.05, 3.63) is 68.1 Å². The van der Waals surface area contributed by atoms with Crippen molar-refractivity contribution in [2.24, 2.45) is 0 Å². The van der Waals surface area contributed by atoms with Crippen LogP contribution in [0.5, 0.6) is 0 Å². The van der Waals surface area contributed by atoms with Gasteiger partial charge in [0.15, 0.2) is 0 Å². The SMILES string of the molecule is CC=CC(=O)Cl.CC=CC(=O)Cl.[CH3-].[V].c1ccccc1. The van der Waals surface area contributed by atoms with Crippen LogP contribution >= 0.6 is 23.2 Å². The average molecular weight is 353 g/mol. The minimum absolute atomic E-state index is 0. The molecule has 1 rings (SSSR count). The maximum Gasteiger partial charge on any atom is 0.244 e. The topological polar surface area (TPSA) is 34.1 Å². The van der Waals surface area contributed by atoms with Gasteiger partial charge in [0.1, 0.15) is 0 Å². The Labute approximate surface area is 143 Å². The molecule has 1 aromatic carbocycles. The molecule has 20 heavy (non-hydrogen) atoms. The molecule has 5 heteroatoms. The summed E-state index contributed by atoms with van der Waals surface area (Å²) in [6.07, 6.45) is 5.77. The third-order valence-electron chi connectivity index (χ3n) is 1.26. The molecule has 0 aliphatic carbocycles. The smallest absolute Gasteiger partial charge is 0.244 e. The van der Waals surface area contributed by atoms with Crippen molar-refractivity contribution in [2.45, 2.75) is 13.8 Å². The molecular weight excluding hydrogens is 334 g/mol. The Morgan fingerprint density at radius 3 is 1.00 bits per heavy atom. The molecule has 0 heterocycles. The molecule has 0 aliphatic rings. The Hall–Kier alpha value is -0.796. The third-order valence-corrected chi connectivity index (χ3v) is 1.51. The zero-order chi connectivity index (χ0) is 14.2. The Balaban J connectivity index is -0.0000000914. The molecule has 0 saturated carbocycles. The van der Waals surface area contributed by atoms with Crippen LogP contribution in [0.2, 0.25) is 0 Å². The predicted octanol–water partition coefficient (Wildman–Crippen LogP) is 4.79. The number of hydrogen-bond acceptors (Lipinski definition) is 2. The Morgan fingerprint density at radius 2 is 0.950 bits per heavy atom.